The van der Waals surface area contributed by atoms with E-state index in [-0.39, 0.29) is 18.0 Å². The maximum absolute atomic E-state index is 13.6. The van der Waals surface area contributed by atoms with Gasteiger partial charge in [-0.15, -0.1) is 0 Å². The van der Waals surface area contributed by atoms with Gasteiger partial charge in [-0.1, -0.05) is 6.07 Å². The Balaban J connectivity index is 2.44. The van der Waals surface area contributed by atoms with Gasteiger partial charge in [0.05, 0.1) is 25.7 Å². The van der Waals surface area contributed by atoms with Crippen molar-refractivity contribution in [2.24, 2.45) is 0 Å². The highest BCUT2D eigenvalue weighted by molar-refractivity contribution is 5.89. The lowest BCUT2D eigenvalue weighted by Crippen LogP contribution is -2.19. The third-order valence-corrected chi connectivity index (χ3v) is 2.58. The van der Waals surface area contributed by atoms with Gasteiger partial charge in [-0.25, -0.2) is 9.18 Å². The minimum atomic E-state index is -0.704. The molecule has 0 saturated carbocycles. The van der Waals surface area contributed by atoms with Crippen LogP contribution in [0.25, 0.3) is 0 Å². The monoisotopic (exact) mass is 283 g/mol. The molecule has 0 aliphatic heterocycles. The van der Waals surface area contributed by atoms with Crippen LogP contribution in [0.5, 0.6) is 0 Å². The topological polar surface area (TPSA) is 64.6 Å². The van der Waals surface area contributed by atoms with Crippen LogP contribution in [0.15, 0.2) is 18.2 Å². The van der Waals surface area contributed by atoms with Crippen LogP contribution in [-0.4, -0.2) is 32.2 Å². The van der Waals surface area contributed by atoms with Crippen LogP contribution in [0, 0.1) is 5.82 Å². The number of hydrogen-bond acceptors (Lipinski definition) is 5. The first kappa shape index (κ1) is 16.1. The summed E-state index contributed by atoms with van der Waals surface area (Å²) in [5, 5.41) is 3.00. The number of rotatable bonds is 7. The summed E-state index contributed by atoms with van der Waals surface area (Å²) in [6.07, 6.45) is 0.260. The fourth-order valence-corrected chi connectivity index (χ4v) is 1.60. The van der Waals surface area contributed by atoms with E-state index in [2.05, 4.69) is 10.1 Å². The molecule has 0 aliphatic carbocycles. The maximum Gasteiger partial charge on any atom is 0.340 e. The van der Waals surface area contributed by atoms with Crippen LogP contribution < -0.4 is 5.32 Å². The van der Waals surface area contributed by atoms with E-state index in [1.165, 1.54) is 19.2 Å². The minimum absolute atomic E-state index is 0.0947. The molecular formula is C14H18FNO4. The predicted octanol–water partition coefficient (Wildman–Crippen LogP) is 1.66. The molecule has 6 heteroatoms. The molecule has 1 aromatic carbocycles. The van der Waals surface area contributed by atoms with Crippen LogP contribution >= 0.6 is 0 Å². The van der Waals surface area contributed by atoms with E-state index in [0.717, 1.165) is 0 Å². The summed E-state index contributed by atoms with van der Waals surface area (Å²) in [5.41, 5.74) is 0.585. The Morgan fingerprint density at radius 3 is 2.70 bits per heavy atom. The van der Waals surface area contributed by atoms with Crippen molar-refractivity contribution in [3.05, 3.63) is 35.1 Å². The van der Waals surface area contributed by atoms with Crippen LogP contribution in [0.4, 0.5) is 4.39 Å². The highest BCUT2D eigenvalue weighted by atomic mass is 19.1. The first-order valence-electron chi connectivity index (χ1n) is 6.31. The number of methoxy groups -OCH3 is 1. The number of esters is 2. The lowest BCUT2D eigenvalue weighted by atomic mass is 10.1. The molecule has 0 atom stereocenters. The molecule has 110 valence electrons. The molecule has 0 saturated heterocycles. The summed E-state index contributed by atoms with van der Waals surface area (Å²) in [7, 11) is 1.20. The number of hydrogen-bond donors (Lipinski definition) is 1. The van der Waals surface area contributed by atoms with Gasteiger partial charge < -0.3 is 14.8 Å². The smallest absolute Gasteiger partial charge is 0.340 e. The van der Waals surface area contributed by atoms with Gasteiger partial charge in [-0.3, -0.25) is 4.79 Å². The maximum atomic E-state index is 13.6. The van der Waals surface area contributed by atoms with E-state index in [4.69, 9.17) is 4.74 Å². The first-order valence-corrected chi connectivity index (χ1v) is 6.31. The van der Waals surface area contributed by atoms with Crippen molar-refractivity contribution in [2.45, 2.75) is 19.9 Å². The van der Waals surface area contributed by atoms with Crippen molar-refractivity contribution < 1.29 is 23.5 Å². The summed E-state index contributed by atoms with van der Waals surface area (Å²) in [5.74, 6) is -1.60. The zero-order chi connectivity index (χ0) is 15.0. The largest absolute Gasteiger partial charge is 0.466 e. The third kappa shape index (κ3) is 4.97. The second-order valence-electron chi connectivity index (χ2n) is 4.04. The fourth-order valence-electron chi connectivity index (χ4n) is 1.60. The van der Waals surface area contributed by atoms with Gasteiger partial charge >= 0.3 is 11.9 Å². The van der Waals surface area contributed by atoms with Crippen LogP contribution in [0.2, 0.25) is 0 Å². The zero-order valence-corrected chi connectivity index (χ0v) is 11.6. The molecule has 0 aliphatic rings. The predicted molar refractivity (Wildman–Crippen MR) is 70.7 cm³/mol. The molecular weight excluding hydrogens is 265 g/mol. The zero-order valence-electron chi connectivity index (χ0n) is 11.6. The summed E-state index contributed by atoms with van der Waals surface area (Å²) in [6, 6.07) is 4.28. The Kier molecular flexibility index (Phi) is 6.66. The van der Waals surface area contributed by atoms with Crippen molar-refractivity contribution in [3.8, 4) is 0 Å². The van der Waals surface area contributed by atoms with Gasteiger partial charge in [0.15, 0.2) is 0 Å². The highest BCUT2D eigenvalue weighted by Crippen LogP contribution is 2.11. The number of halogens is 1. The SMILES string of the molecule is CCOC(=O)CCNCc1ccc(C(=O)OC)c(F)c1. The Hall–Kier alpha value is -1.95. The fraction of sp³-hybridized carbons (Fsp3) is 0.429. The average molecular weight is 283 g/mol. The normalized spacial score (nSPS) is 10.2. The molecule has 20 heavy (non-hydrogen) atoms. The van der Waals surface area contributed by atoms with Crippen molar-refractivity contribution in [1.82, 2.24) is 5.32 Å². The number of ether oxygens (including phenoxy) is 2. The number of nitrogens with one attached hydrogen (secondary N) is 1. The van der Waals surface area contributed by atoms with Crippen molar-refractivity contribution in [3.63, 3.8) is 0 Å². The first-order chi connectivity index (χ1) is 9.58. The second kappa shape index (κ2) is 8.27. The molecule has 1 aromatic rings. The third-order valence-electron chi connectivity index (χ3n) is 2.58. The summed E-state index contributed by atoms with van der Waals surface area (Å²) in [6.45, 7) is 2.95. The number of carbonyl (C=O) groups is 2. The Morgan fingerprint density at radius 1 is 1.35 bits per heavy atom. The molecule has 1 rings (SSSR count). The van der Waals surface area contributed by atoms with Crippen molar-refractivity contribution >= 4 is 11.9 Å². The Bertz CT molecular complexity index is 476. The molecule has 0 radical (unpaired) electrons. The van der Waals surface area contributed by atoms with E-state index in [1.807, 2.05) is 0 Å². The molecule has 0 spiro atoms. The molecule has 0 aromatic heterocycles. The Morgan fingerprint density at radius 2 is 2.10 bits per heavy atom. The molecule has 0 bridgehead atoms. The molecule has 5 nitrogen and oxygen atoms in total. The van der Waals surface area contributed by atoms with Gasteiger partial charge in [-0.05, 0) is 24.6 Å². The lowest BCUT2D eigenvalue weighted by Gasteiger charge is -2.07. The van der Waals surface area contributed by atoms with Gasteiger partial charge in [-0.2, -0.15) is 0 Å². The Labute approximate surface area is 117 Å². The highest BCUT2D eigenvalue weighted by Gasteiger charge is 2.12. The summed E-state index contributed by atoms with van der Waals surface area (Å²) < 4.78 is 22.9. The van der Waals surface area contributed by atoms with Crippen molar-refractivity contribution in [1.29, 1.82) is 0 Å². The molecule has 0 heterocycles. The van der Waals surface area contributed by atoms with E-state index < -0.39 is 11.8 Å². The second-order valence-corrected chi connectivity index (χ2v) is 4.04. The number of benzene rings is 1. The lowest BCUT2D eigenvalue weighted by molar-refractivity contribution is -0.142. The molecule has 0 fully saturated rings. The molecule has 0 unspecified atom stereocenters. The van der Waals surface area contributed by atoms with Crippen LogP contribution in [0.3, 0.4) is 0 Å². The van der Waals surface area contributed by atoms with Gasteiger partial charge in [0, 0.05) is 13.1 Å². The van der Waals surface area contributed by atoms with Gasteiger partial charge in [0.25, 0.3) is 0 Å². The van der Waals surface area contributed by atoms with E-state index in [1.54, 1.807) is 13.0 Å². The van der Waals surface area contributed by atoms with Crippen LogP contribution in [-0.2, 0) is 20.8 Å². The molecule has 0 amide bonds. The van der Waals surface area contributed by atoms with Gasteiger partial charge in [0.1, 0.15) is 5.82 Å². The standard InChI is InChI=1S/C14H18FNO4/c1-3-20-13(17)6-7-16-9-10-4-5-11(12(15)8-10)14(18)19-2/h4-5,8,16H,3,6-7,9H2,1-2H3. The summed E-state index contributed by atoms with van der Waals surface area (Å²) in [4.78, 5) is 22.3. The van der Waals surface area contributed by atoms with E-state index in [0.29, 0.717) is 25.3 Å². The average Bonchev–Trinajstić information content (AvgIpc) is 2.43. The number of carbonyl (C=O) groups excluding carboxylic acids is 2. The summed E-state index contributed by atoms with van der Waals surface area (Å²) >= 11 is 0. The molecule has 1 N–H and O–H groups in total. The quantitative estimate of drug-likeness (QED) is 0.609. The van der Waals surface area contributed by atoms with Crippen molar-refractivity contribution in [2.75, 3.05) is 20.3 Å². The van der Waals surface area contributed by atoms with Gasteiger partial charge in [0.2, 0.25) is 0 Å². The van der Waals surface area contributed by atoms with Crippen LogP contribution in [0.1, 0.15) is 29.3 Å². The van der Waals surface area contributed by atoms with E-state index in [9.17, 15) is 14.0 Å². The van der Waals surface area contributed by atoms with E-state index >= 15 is 0 Å². The minimum Gasteiger partial charge on any atom is -0.466 e.